The Labute approximate surface area is 62.2 Å². The molecule has 0 nitrogen and oxygen atoms in total. The van der Waals surface area contributed by atoms with Gasteiger partial charge in [-0.05, 0) is 11.8 Å². The van der Waals surface area contributed by atoms with Crippen molar-refractivity contribution in [3.63, 3.8) is 0 Å². The Kier molecular flexibility index (Phi) is 5.88. The molecule has 2 heteroatoms. The first kappa shape index (κ1) is 8.44. The van der Waals surface area contributed by atoms with Gasteiger partial charge in [0.15, 0.2) is 0 Å². The van der Waals surface area contributed by atoms with Crippen LogP contribution in [0, 0.1) is 0 Å². The van der Waals surface area contributed by atoms with Crippen LogP contribution in [0.1, 0.15) is 19.8 Å². The first-order valence-electron chi connectivity index (χ1n) is 2.80. The van der Waals surface area contributed by atoms with E-state index in [0.29, 0.717) is 5.25 Å². The molecule has 0 fully saturated rings. The van der Waals surface area contributed by atoms with E-state index in [2.05, 4.69) is 32.2 Å². The lowest BCUT2D eigenvalue weighted by Gasteiger charge is -1.98. The maximum absolute atomic E-state index is 4.25. The minimum Gasteiger partial charge on any atom is -0.172 e. The van der Waals surface area contributed by atoms with E-state index in [0.717, 1.165) is 6.42 Å². The average molecular weight is 148 g/mol. The summed E-state index contributed by atoms with van der Waals surface area (Å²) in [5, 5.41) is 2.14. The van der Waals surface area contributed by atoms with Gasteiger partial charge in [0.25, 0.3) is 0 Å². The molecule has 0 radical (unpaired) electrons. The standard InChI is InChI=1S/C6H12S2/c1-2-3-6(8)4-5-7/h4-8H,2-3H2,1H3. The molecule has 0 heterocycles. The summed E-state index contributed by atoms with van der Waals surface area (Å²) in [6.45, 7) is 2.15. The Morgan fingerprint density at radius 3 is 2.62 bits per heavy atom. The molecule has 0 rings (SSSR count). The number of hydrogen-bond acceptors (Lipinski definition) is 2. The summed E-state index contributed by atoms with van der Waals surface area (Å²) in [6.07, 6.45) is 4.31. The van der Waals surface area contributed by atoms with Crippen molar-refractivity contribution in [2.45, 2.75) is 25.0 Å². The van der Waals surface area contributed by atoms with Crippen LogP contribution in [0.2, 0.25) is 0 Å². The van der Waals surface area contributed by atoms with Crippen LogP contribution < -0.4 is 0 Å². The van der Waals surface area contributed by atoms with E-state index in [1.165, 1.54) is 6.42 Å². The molecule has 0 aromatic rings. The van der Waals surface area contributed by atoms with Crippen molar-refractivity contribution >= 4 is 25.3 Å². The Morgan fingerprint density at radius 1 is 1.62 bits per heavy atom. The molecule has 0 aliphatic heterocycles. The second-order valence-corrected chi connectivity index (χ2v) is 2.66. The van der Waals surface area contributed by atoms with Gasteiger partial charge in [-0.2, -0.15) is 25.3 Å². The maximum atomic E-state index is 4.25. The first-order valence-corrected chi connectivity index (χ1v) is 3.83. The van der Waals surface area contributed by atoms with E-state index in [-0.39, 0.29) is 0 Å². The molecule has 48 valence electrons. The van der Waals surface area contributed by atoms with Crippen molar-refractivity contribution in [1.29, 1.82) is 0 Å². The van der Waals surface area contributed by atoms with E-state index in [9.17, 15) is 0 Å². The highest BCUT2D eigenvalue weighted by Gasteiger charge is 1.91. The monoisotopic (exact) mass is 148 g/mol. The fourth-order valence-electron chi connectivity index (χ4n) is 0.491. The maximum Gasteiger partial charge on any atom is 0.0204 e. The fraction of sp³-hybridized carbons (Fsp3) is 0.667. The lowest BCUT2D eigenvalue weighted by molar-refractivity contribution is 0.832. The summed E-state index contributed by atoms with van der Waals surface area (Å²) < 4.78 is 0. The molecule has 0 aromatic carbocycles. The molecule has 8 heavy (non-hydrogen) atoms. The van der Waals surface area contributed by atoms with E-state index < -0.39 is 0 Å². The summed E-state index contributed by atoms with van der Waals surface area (Å²) in [5.41, 5.74) is 0. The minimum atomic E-state index is 0.400. The van der Waals surface area contributed by atoms with Gasteiger partial charge >= 0.3 is 0 Å². The highest BCUT2D eigenvalue weighted by Crippen LogP contribution is 2.05. The van der Waals surface area contributed by atoms with Crippen molar-refractivity contribution < 1.29 is 0 Å². The zero-order valence-electron chi connectivity index (χ0n) is 5.04. The molecule has 0 aromatic heterocycles. The second kappa shape index (κ2) is 5.57. The van der Waals surface area contributed by atoms with Gasteiger partial charge in [-0.15, -0.1) is 0 Å². The number of thiol groups is 2. The second-order valence-electron chi connectivity index (χ2n) is 1.70. The summed E-state index contributed by atoms with van der Waals surface area (Å²) in [4.78, 5) is 0. The molecule has 1 unspecified atom stereocenters. The van der Waals surface area contributed by atoms with Crippen LogP contribution in [-0.4, -0.2) is 5.25 Å². The molecule has 0 saturated heterocycles. The van der Waals surface area contributed by atoms with Crippen LogP contribution in [0.4, 0.5) is 0 Å². The molecule has 0 N–H and O–H groups in total. The lowest BCUT2D eigenvalue weighted by atomic mass is 10.2. The zero-order chi connectivity index (χ0) is 6.41. The Balaban J connectivity index is 3.17. The van der Waals surface area contributed by atoms with Crippen LogP contribution in [0.3, 0.4) is 0 Å². The summed E-state index contributed by atoms with van der Waals surface area (Å²) in [7, 11) is 0. The Bertz CT molecular complexity index is 68.9. The average Bonchev–Trinajstić information content (AvgIpc) is 1.68. The summed E-state index contributed by atoms with van der Waals surface area (Å²) in [5.74, 6) is 0. The predicted octanol–water partition coefficient (Wildman–Crippen LogP) is 2.53. The van der Waals surface area contributed by atoms with E-state index in [1.54, 1.807) is 5.41 Å². The van der Waals surface area contributed by atoms with Crippen molar-refractivity contribution in [3.8, 4) is 0 Å². The quantitative estimate of drug-likeness (QED) is 0.565. The topological polar surface area (TPSA) is 0 Å². The van der Waals surface area contributed by atoms with E-state index >= 15 is 0 Å². The molecule has 0 spiro atoms. The molecular weight excluding hydrogens is 136 g/mol. The Morgan fingerprint density at radius 2 is 2.25 bits per heavy atom. The third-order valence-electron chi connectivity index (χ3n) is 0.893. The fourth-order valence-corrected chi connectivity index (χ4v) is 1.18. The van der Waals surface area contributed by atoms with E-state index in [4.69, 9.17) is 0 Å². The molecule has 0 bridgehead atoms. The smallest absolute Gasteiger partial charge is 0.0204 e. The molecule has 0 saturated carbocycles. The van der Waals surface area contributed by atoms with Crippen LogP contribution >= 0.6 is 25.3 Å². The normalized spacial score (nSPS) is 14.9. The van der Waals surface area contributed by atoms with Gasteiger partial charge < -0.3 is 0 Å². The third kappa shape index (κ3) is 4.60. The van der Waals surface area contributed by atoms with Gasteiger partial charge in [0.1, 0.15) is 0 Å². The molecule has 0 aliphatic carbocycles. The third-order valence-corrected chi connectivity index (χ3v) is 1.50. The van der Waals surface area contributed by atoms with Crippen molar-refractivity contribution in [3.05, 3.63) is 11.5 Å². The first-order chi connectivity index (χ1) is 3.81. The van der Waals surface area contributed by atoms with Crippen LogP contribution in [0.15, 0.2) is 11.5 Å². The van der Waals surface area contributed by atoms with Crippen LogP contribution in [-0.2, 0) is 0 Å². The molecule has 0 amide bonds. The van der Waals surface area contributed by atoms with Gasteiger partial charge in [-0.25, -0.2) is 0 Å². The lowest BCUT2D eigenvalue weighted by Crippen LogP contribution is -1.89. The number of rotatable bonds is 3. The molecular formula is C6H12S2. The highest BCUT2D eigenvalue weighted by atomic mass is 32.1. The van der Waals surface area contributed by atoms with Gasteiger partial charge in [-0.3, -0.25) is 0 Å². The van der Waals surface area contributed by atoms with Gasteiger partial charge in [0.05, 0.1) is 0 Å². The van der Waals surface area contributed by atoms with Crippen molar-refractivity contribution in [1.82, 2.24) is 0 Å². The number of hydrogen-bond donors (Lipinski definition) is 2. The predicted molar refractivity (Wildman–Crippen MR) is 45.8 cm³/mol. The summed E-state index contributed by atoms with van der Waals surface area (Å²) >= 11 is 8.18. The van der Waals surface area contributed by atoms with Crippen LogP contribution in [0.25, 0.3) is 0 Å². The van der Waals surface area contributed by atoms with E-state index in [1.807, 2.05) is 6.08 Å². The zero-order valence-corrected chi connectivity index (χ0v) is 6.83. The van der Waals surface area contributed by atoms with Crippen molar-refractivity contribution in [2.75, 3.05) is 0 Å². The van der Waals surface area contributed by atoms with Gasteiger partial charge in [-0.1, -0.05) is 19.4 Å². The Hall–Kier alpha value is 0.440. The van der Waals surface area contributed by atoms with Crippen LogP contribution in [0.5, 0.6) is 0 Å². The molecule has 0 aliphatic rings. The minimum absolute atomic E-state index is 0.400. The van der Waals surface area contributed by atoms with Crippen molar-refractivity contribution in [2.24, 2.45) is 0 Å². The SMILES string of the molecule is CCCC(S)C=CS. The van der Waals surface area contributed by atoms with Gasteiger partial charge in [0, 0.05) is 5.25 Å². The summed E-state index contributed by atoms with van der Waals surface area (Å²) in [6, 6.07) is 0. The highest BCUT2D eigenvalue weighted by molar-refractivity contribution is 7.83. The largest absolute Gasteiger partial charge is 0.172 e. The van der Waals surface area contributed by atoms with Gasteiger partial charge in [0.2, 0.25) is 0 Å². The molecule has 1 atom stereocenters.